The van der Waals surface area contributed by atoms with Gasteiger partial charge in [-0.05, 0) is 36.6 Å². The van der Waals surface area contributed by atoms with E-state index < -0.39 is 0 Å². The van der Waals surface area contributed by atoms with Crippen molar-refractivity contribution >= 4 is 11.6 Å². The molecule has 1 aromatic carbocycles. The molecular weight excluding hydrogens is 238 g/mol. The molecule has 1 aliphatic rings. The van der Waals surface area contributed by atoms with Crippen LogP contribution in [-0.2, 0) is 18.3 Å². The van der Waals surface area contributed by atoms with Gasteiger partial charge in [0.2, 0.25) is 5.91 Å². The van der Waals surface area contributed by atoms with Gasteiger partial charge in [-0.3, -0.25) is 9.48 Å². The maximum Gasteiger partial charge on any atom is 0.223 e. The summed E-state index contributed by atoms with van der Waals surface area (Å²) in [4.78, 5) is 13.5. The number of rotatable bonds is 1. The first kappa shape index (κ1) is 12.0. The molecule has 1 amide bonds. The Morgan fingerprint density at radius 3 is 2.84 bits per heavy atom. The Kier molecular flexibility index (Phi) is 2.85. The molecular formula is C15H17N3O. The van der Waals surface area contributed by atoms with E-state index in [2.05, 4.69) is 23.3 Å². The van der Waals surface area contributed by atoms with Gasteiger partial charge in [0, 0.05) is 38.0 Å². The molecule has 2 aromatic rings. The topological polar surface area (TPSA) is 38.1 Å². The van der Waals surface area contributed by atoms with E-state index in [0.717, 1.165) is 36.3 Å². The third-order valence-corrected chi connectivity index (χ3v) is 3.69. The first-order chi connectivity index (χ1) is 9.16. The van der Waals surface area contributed by atoms with E-state index in [0.29, 0.717) is 0 Å². The zero-order chi connectivity index (χ0) is 13.4. The minimum Gasteiger partial charge on any atom is -0.312 e. The van der Waals surface area contributed by atoms with Crippen molar-refractivity contribution in [3.8, 4) is 11.3 Å². The van der Waals surface area contributed by atoms with Crippen LogP contribution in [0.2, 0.25) is 0 Å². The molecule has 4 heteroatoms. The van der Waals surface area contributed by atoms with Gasteiger partial charge in [0.05, 0.1) is 5.69 Å². The normalized spacial score (nSPS) is 14.3. The van der Waals surface area contributed by atoms with Gasteiger partial charge in [-0.25, -0.2) is 0 Å². The molecule has 3 rings (SSSR count). The van der Waals surface area contributed by atoms with Crippen LogP contribution in [0.25, 0.3) is 11.3 Å². The second-order valence-corrected chi connectivity index (χ2v) is 4.96. The number of fused-ring (bicyclic) bond motifs is 1. The highest BCUT2D eigenvalue weighted by molar-refractivity contribution is 5.93. The molecule has 2 heterocycles. The highest BCUT2D eigenvalue weighted by Crippen LogP contribution is 2.31. The van der Waals surface area contributed by atoms with Crippen LogP contribution in [-0.4, -0.2) is 22.2 Å². The van der Waals surface area contributed by atoms with E-state index in [9.17, 15) is 4.79 Å². The minimum atomic E-state index is 0.120. The van der Waals surface area contributed by atoms with E-state index in [1.54, 1.807) is 13.1 Å². The molecule has 0 N–H and O–H groups in total. The highest BCUT2D eigenvalue weighted by atomic mass is 16.2. The number of carbonyl (C=O) groups excluding carboxylic acids is 1. The van der Waals surface area contributed by atoms with Crippen LogP contribution < -0.4 is 4.90 Å². The average molecular weight is 255 g/mol. The van der Waals surface area contributed by atoms with Crippen LogP contribution in [0.5, 0.6) is 0 Å². The SMILES string of the molecule is CC(=O)N1CCCc2cc(-c3ccnn3C)ccc21. The van der Waals surface area contributed by atoms with E-state index in [1.807, 2.05) is 22.7 Å². The van der Waals surface area contributed by atoms with Gasteiger partial charge in [0.1, 0.15) is 0 Å². The van der Waals surface area contributed by atoms with E-state index in [4.69, 9.17) is 0 Å². The maximum absolute atomic E-state index is 11.6. The molecule has 0 aliphatic carbocycles. The summed E-state index contributed by atoms with van der Waals surface area (Å²) in [5.74, 6) is 0.120. The van der Waals surface area contributed by atoms with Crippen molar-refractivity contribution in [1.29, 1.82) is 0 Å². The van der Waals surface area contributed by atoms with Crippen molar-refractivity contribution in [1.82, 2.24) is 9.78 Å². The number of carbonyl (C=O) groups is 1. The van der Waals surface area contributed by atoms with Crippen molar-refractivity contribution < 1.29 is 4.79 Å². The predicted molar refractivity (Wildman–Crippen MR) is 75.0 cm³/mol. The number of benzene rings is 1. The Hall–Kier alpha value is -2.10. The van der Waals surface area contributed by atoms with Gasteiger partial charge in [-0.15, -0.1) is 0 Å². The van der Waals surface area contributed by atoms with Crippen LogP contribution in [0, 0.1) is 0 Å². The Morgan fingerprint density at radius 1 is 1.32 bits per heavy atom. The van der Waals surface area contributed by atoms with Crippen molar-refractivity contribution in [2.75, 3.05) is 11.4 Å². The van der Waals surface area contributed by atoms with Gasteiger partial charge >= 0.3 is 0 Å². The molecule has 0 bridgehead atoms. The number of aromatic nitrogens is 2. The Bertz CT molecular complexity index is 630. The molecule has 0 saturated heterocycles. The summed E-state index contributed by atoms with van der Waals surface area (Å²) in [6, 6.07) is 8.31. The van der Waals surface area contributed by atoms with Crippen molar-refractivity contribution in [2.45, 2.75) is 19.8 Å². The number of amides is 1. The third kappa shape index (κ3) is 2.03. The second-order valence-electron chi connectivity index (χ2n) is 4.96. The summed E-state index contributed by atoms with van der Waals surface area (Å²) < 4.78 is 1.87. The molecule has 4 nitrogen and oxygen atoms in total. The summed E-state index contributed by atoms with van der Waals surface area (Å²) in [7, 11) is 1.94. The van der Waals surface area contributed by atoms with Crippen LogP contribution in [0.1, 0.15) is 18.9 Å². The zero-order valence-corrected chi connectivity index (χ0v) is 11.3. The van der Waals surface area contributed by atoms with E-state index in [-0.39, 0.29) is 5.91 Å². The van der Waals surface area contributed by atoms with Gasteiger partial charge < -0.3 is 4.90 Å². The second kappa shape index (κ2) is 4.53. The Balaban J connectivity index is 2.05. The Labute approximate surface area is 112 Å². The van der Waals surface area contributed by atoms with Gasteiger partial charge in [-0.1, -0.05) is 6.07 Å². The summed E-state index contributed by atoms with van der Waals surface area (Å²) in [5, 5.41) is 4.20. The lowest BCUT2D eigenvalue weighted by atomic mass is 9.98. The number of hydrogen-bond acceptors (Lipinski definition) is 2. The largest absolute Gasteiger partial charge is 0.312 e. The number of nitrogens with zero attached hydrogens (tertiary/aromatic N) is 3. The minimum absolute atomic E-state index is 0.120. The fraction of sp³-hybridized carbons (Fsp3) is 0.333. The van der Waals surface area contributed by atoms with Crippen LogP contribution in [0.15, 0.2) is 30.5 Å². The van der Waals surface area contributed by atoms with Crippen LogP contribution in [0.3, 0.4) is 0 Å². The summed E-state index contributed by atoms with van der Waals surface area (Å²) in [5.41, 5.74) is 4.57. The van der Waals surface area contributed by atoms with Crippen LogP contribution >= 0.6 is 0 Å². The van der Waals surface area contributed by atoms with Crippen molar-refractivity contribution in [3.63, 3.8) is 0 Å². The highest BCUT2D eigenvalue weighted by Gasteiger charge is 2.20. The predicted octanol–water partition coefficient (Wildman–Crippen LogP) is 2.39. The summed E-state index contributed by atoms with van der Waals surface area (Å²) >= 11 is 0. The number of anilines is 1. The van der Waals surface area contributed by atoms with Gasteiger partial charge in [-0.2, -0.15) is 5.10 Å². The van der Waals surface area contributed by atoms with Crippen LogP contribution in [0.4, 0.5) is 5.69 Å². The molecule has 1 aromatic heterocycles. The van der Waals surface area contributed by atoms with Gasteiger partial charge in [0.25, 0.3) is 0 Å². The molecule has 0 unspecified atom stereocenters. The van der Waals surface area contributed by atoms with Gasteiger partial charge in [0.15, 0.2) is 0 Å². The van der Waals surface area contributed by atoms with E-state index >= 15 is 0 Å². The number of aryl methyl sites for hydroxylation is 2. The van der Waals surface area contributed by atoms with E-state index in [1.165, 1.54) is 5.56 Å². The average Bonchev–Trinajstić information content (AvgIpc) is 2.83. The smallest absolute Gasteiger partial charge is 0.223 e. The lowest BCUT2D eigenvalue weighted by molar-refractivity contribution is -0.116. The molecule has 0 atom stereocenters. The monoisotopic (exact) mass is 255 g/mol. The molecule has 0 radical (unpaired) electrons. The van der Waals surface area contributed by atoms with Crippen molar-refractivity contribution in [2.24, 2.45) is 7.05 Å². The molecule has 98 valence electrons. The summed E-state index contributed by atoms with van der Waals surface area (Å²) in [6.07, 6.45) is 3.86. The number of hydrogen-bond donors (Lipinski definition) is 0. The summed E-state index contributed by atoms with van der Waals surface area (Å²) in [6.45, 7) is 2.46. The molecule has 19 heavy (non-hydrogen) atoms. The maximum atomic E-state index is 11.6. The molecule has 0 fully saturated rings. The lowest BCUT2D eigenvalue weighted by Crippen LogP contribution is -2.33. The first-order valence-electron chi connectivity index (χ1n) is 6.56. The molecule has 1 aliphatic heterocycles. The lowest BCUT2D eigenvalue weighted by Gasteiger charge is -2.29. The quantitative estimate of drug-likeness (QED) is 0.784. The first-order valence-corrected chi connectivity index (χ1v) is 6.56. The zero-order valence-electron chi connectivity index (χ0n) is 11.3. The standard InChI is InChI=1S/C15H17N3O/c1-11(19)18-9-3-4-12-10-13(5-6-15(12)18)14-7-8-16-17(14)2/h5-8,10H,3-4,9H2,1-2H3. The molecule has 0 spiro atoms. The Morgan fingerprint density at radius 2 is 2.16 bits per heavy atom. The third-order valence-electron chi connectivity index (χ3n) is 3.69. The van der Waals surface area contributed by atoms with Crippen molar-refractivity contribution in [3.05, 3.63) is 36.0 Å². The molecule has 0 saturated carbocycles. The fourth-order valence-electron chi connectivity index (χ4n) is 2.74. The fourth-order valence-corrected chi connectivity index (χ4v) is 2.74.